The molecule has 1 heterocycles. The van der Waals surface area contributed by atoms with Crippen LogP contribution in [0.3, 0.4) is 0 Å². The third-order valence-electron chi connectivity index (χ3n) is 4.80. The van der Waals surface area contributed by atoms with Crippen LogP contribution in [0, 0.1) is 5.92 Å². The number of carbonyl (C=O) groups excluding carboxylic acids is 2. The fourth-order valence-corrected chi connectivity index (χ4v) is 3.11. The van der Waals surface area contributed by atoms with E-state index >= 15 is 0 Å². The van der Waals surface area contributed by atoms with Crippen LogP contribution in [0.4, 0.5) is 0 Å². The lowest BCUT2D eigenvalue weighted by Gasteiger charge is -2.12. The summed E-state index contributed by atoms with van der Waals surface area (Å²) in [7, 11) is 1.46. The molecule has 6 heteroatoms. The Morgan fingerprint density at radius 3 is 2.63 bits per heavy atom. The molecule has 1 aliphatic carbocycles. The van der Waals surface area contributed by atoms with Crippen molar-refractivity contribution in [3.8, 4) is 0 Å². The van der Waals surface area contributed by atoms with E-state index in [0.717, 1.165) is 24.0 Å². The number of amides is 1. The van der Waals surface area contributed by atoms with E-state index in [4.69, 9.17) is 5.11 Å². The number of aromatic nitrogens is 1. The van der Waals surface area contributed by atoms with Gasteiger partial charge in [0.25, 0.3) is 11.5 Å². The fraction of sp³-hybridized carbons (Fsp3) is 0.381. The number of hydrogen-bond donors (Lipinski definition) is 2. The minimum absolute atomic E-state index is 0.0225. The molecular weight excluding hydrogens is 344 g/mol. The van der Waals surface area contributed by atoms with E-state index in [1.54, 1.807) is 6.20 Å². The van der Waals surface area contributed by atoms with Gasteiger partial charge in [0.1, 0.15) is 5.56 Å². The Kier molecular flexibility index (Phi) is 5.86. The average molecular weight is 368 g/mol. The van der Waals surface area contributed by atoms with Gasteiger partial charge in [-0.1, -0.05) is 24.3 Å². The quantitative estimate of drug-likeness (QED) is 0.695. The Morgan fingerprint density at radius 1 is 1.22 bits per heavy atom. The Morgan fingerprint density at radius 2 is 1.96 bits per heavy atom. The van der Waals surface area contributed by atoms with Crippen LogP contribution in [0.25, 0.3) is 0 Å². The molecule has 1 aliphatic rings. The second-order valence-electron chi connectivity index (χ2n) is 7.02. The van der Waals surface area contributed by atoms with Crippen molar-refractivity contribution in [1.29, 1.82) is 0 Å². The normalized spacial score (nSPS) is 13.4. The number of aliphatic hydroxyl groups is 1. The van der Waals surface area contributed by atoms with Crippen LogP contribution < -0.4 is 10.9 Å². The van der Waals surface area contributed by atoms with Crippen LogP contribution in [0.15, 0.2) is 41.3 Å². The summed E-state index contributed by atoms with van der Waals surface area (Å²) < 4.78 is 1.42. The summed E-state index contributed by atoms with van der Waals surface area (Å²) in [5, 5.41) is 11.6. The molecule has 0 bridgehead atoms. The van der Waals surface area contributed by atoms with Gasteiger partial charge in [0.15, 0.2) is 5.78 Å². The number of carbonyl (C=O) groups is 2. The maximum absolute atomic E-state index is 12.7. The molecule has 6 nitrogen and oxygen atoms in total. The van der Waals surface area contributed by atoms with E-state index in [1.165, 1.54) is 17.7 Å². The molecule has 2 N–H and O–H groups in total. The first-order valence-electron chi connectivity index (χ1n) is 9.20. The first-order valence-corrected chi connectivity index (χ1v) is 9.20. The van der Waals surface area contributed by atoms with Gasteiger partial charge in [0.2, 0.25) is 0 Å². The predicted molar refractivity (Wildman–Crippen MR) is 102 cm³/mol. The molecule has 142 valence electrons. The molecule has 3 rings (SSSR count). The summed E-state index contributed by atoms with van der Waals surface area (Å²) in [6, 6.07) is 8.98. The lowest BCUT2D eigenvalue weighted by Crippen LogP contribution is -2.32. The van der Waals surface area contributed by atoms with Gasteiger partial charge in [-0.25, -0.2) is 0 Å². The number of Topliss-reactive ketones (excluding diaryl/α,β-unsaturated/α-hetero) is 1. The number of ketones is 1. The Hall–Kier alpha value is -2.73. The molecule has 0 spiro atoms. The van der Waals surface area contributed by atoms with Gasteiger partial charge >= 0.3 is 0 Å². The third kappa shape index (κ3) is 4.71. The molecule has 1 saturated carbocycles. The zero-order chi connectivity index (χ0) is 19.4. The summed E-state index contributed by atoms with van der Waals surface area (Å²) >= 11 is 0. The highest BCUT2D eigenvalue weighted by Gasteiger charge is 2.26. The van der Waals surface area contributed by atoms with Crippen LogP contribution in [0.2, 0.25) is 0 Å². The van der Waals surface area contributed by atoms with E-state index in [0.29, 0.717) is 24.3 Å². The molecule has 0 atom stereocenters. The van der Waals surface area contributed by atoms with Crippen LogP contribution in [0.5, 0.6) is 0 Å². The lowest BCUT2D eigenvalue weighted by atomic mass is 10.0. The maximum atomic E-state index is 12.7. The van der Waals surface area contributed by atoms with Crippen LogP contribution in [-0.2, 0) is 13.0 Å². The average Bonchev–Trinajstić information content (AvgIpc) is 3.47. The summed E-state index contributed by atoms with van der Waals surface area (Å²) in [5.74, 6) is -0.106. The first-order chi connectivity index (χ1) is 13.0. The van der Waals surface area contributed by atoms with Crippen molar-refractivity contribution in [2.75, 3.05) is 13.7 Å². The van der Waals surface area contributed by atoms with E-state index in [-0.39, 0.29) is 24.5 Å². The van der Waals surface area contributed by atoms with Crippen molar-refractivity contribution in [3.63, 3.8) is 0 Å². The van der Waals surface area contributed by atoms with Gasteiger partial charge in [-0.2, -0.15) is 0 Å². The molecule has 0 saturated heterocycles. The minimum Gasteiger partial charge on any atom is -0.396 e. The number of aliphatic hydroxyl groups excluding tert-OH is 1. The number of hydrogen-bond acceptors (Lipinski definition) is 4. The minimum atomic E-state index is -0.496. The molecule has 0 unspecified atom stereocenters. The fourth-order valence-electron chi connectivity index (χ4n) is 3.11. The molecule has 1 aromatic carbocycles. The van der Waals surface area contributed by atoms with Crippen molar-refractivity contribution in [2.24, 2.45) is 5.92 Å². The summed E-state index contributed by atoms with van der Waals surface area (Å²) in [6.45, 7) is 0.308. The lowest BCUT2D eigenvalue weighted by molar-refractivity contribution is 0.0961. The van der Waals surface area contributed by atoms with Crippen molar-refractivity contribution >= 4 is 11.7 Å². The molecule has 1 amide bonds. The van der Waals surface area contributed by atoms with E-state index in [9.17, 15) is 14.4 Å². The predicted octanol–water partition coefficient (Wildman–Crippen LogP) is 1.77. The summed E-state index contributed by atoms with van der Waals surface area (Å²) in [6.07, 6.45) is 4.67. The second-order valence-corrected chi connectivity index (χ2v) is 7.02. The number of rotatable bonds is 8. The highest BCUT2D eigenvalue weighted by molar-refractivity contribution is 6.00. The standard InChI is InChI=1S/C21H24N2O4/c1-22-20(26)18-11-17(19(25)10-15-5-6-15)13-23(21(18)27)12-16-4-2-3-14(9-16)7-8-24/h2-4,9,11,13,15,24H,5-8,10,12H2,1H3,(H,22,26). The van der Waals surface area contributed by atoms with E-state index in [2.05, 4.69) is 5.32 Å². The molecule has 27 heavy (non-hydrogen) atoms. The van der Waals surface area contributed by atoms with Crippen molar-refractivity contribution in [3.05, 3.63) is 69.1 Å². The molecule has 1 fully saturated rings. The Balaban J connectivity index is 1.96. The van der Waals surface area contributed by atoms with Gasteiger partial charge in [-0.3, -0.25) is 14.4 Å². The van der Waals surface area contributed by atoms with Gasteiger partial charge < -0.3 is 15.0 Å². The largest absolute Gasteiger partial charge is 0.396 e. The van der Waals surface area contributed by atoms with Crippen molar-refractivity contribution in [2.45, 2.75) is 32.2 Å². The second kappa shape index (κ2) is 8.31. The molecule has 2 aromatic rings. The van der Waals surface area contributed by atoms with Crippen LogP contribution >= 0.6 is 0 Å². The zero-order valence-electron chi connectivity index (χ0n) is 15.4. The van der Waals surface area contributed by atoms with Gasteiger partial charge in [-0.15, -0.1) is 0 Å². The van der Waals surface area contributed by atoms with Crippen molar-refractivity contribution < 1.29 is 14.7 Å². The van der Waals surface area contributed by atoms with E-state index in [1.807, 2.05) is 24.3 Å². The number of pyridine rings is 1. The Labute approximate surface area is 157 Å². The van der Waals surface area contributed by atoms with Crippen LogP contribution in [-0.4, -0.2) is 35.0 Å². The molecule has 0 radical (unpaired) electrons. The van der Waals surface area contributed by atoms with Crippen molar-refractivity contribution in [1.82, 2.24) is 9.88 Å². The summed E-state index contributed by atoms with van der Waals surface area (Å²) in [5.41, 5.74) is 1.79. The number of benzene rings is 1. The first kappa shape index (κ1) is 19.0. The topological polar surface area (TPSA) is 88.4 Å². The van der Waals surface area contributed by atoms with Crippen LogP contribution in [0.1, 0.15) is 51.1 Å². The smallest absolute Gasteiger partial charge is 0.263 e. The van der Waals surface area contributed by atoms with Gasteiger partial charge in [-0.05, 0) is 42.4 Å². The number of nitrogens with one attached hydrogen (secondary N) is 1. The van der Waals surface area contributed by atoms with E-state index < -0.39 is 11.5 Å². The monoisotopic (exact) mass is 368 g/mol. The van der Waals surface area contributed by atoms with Gasteiger partial charge in [0.05, 0.1) is 6.54 Å². The molecule has 1 aromatic heterocycles. The summed E-state index contributed by atoms with van der Waals surface area (Å²) in [4.78, 5) is 37.4. The SMILES string of the molecule is CNC(=O)c1cc(C(=O)CC2CC2)cn(Cc2cccc(CCO)c2)c1=O. The van der Waals surface area contributed by atoms with Gasteiger partial charge in [0, 0.05) is 31.8 Å². The highest BCUT2D eigenvalue weighted by Crippen LogP contribution is 2.33. The molecule has 0 aliphatic heterocycles. The Bertz CT molecular complexity index is 913. The maximum Gasteiger partial charge on any atom is 0.263 e. The zero-order valence-corrected chi connectivity index (χ0v) is 15.4. The number of nitrogens with zero attached hydrogens (tertiary/aromatic N) is 1. The third-order valence-corrected chi connectivity index (χ3v) is 4.80. The highest BCUT2D eigenvalue weighted by atomic mass is 16.3. The molecular formula is C21H24N2O4.